The minimum absolute atomic E-state index is 0.0765. The van der Waals surface area contributed by atoms with E-state index < -0.39 is 11.8 Å². The first-order valence-corrected chi connectivity index (χ1v) is 13.6. The molecule has 1 fully saturated rings. The van der Waals surface area contributed by atoms with E-state index >= 15 is 4.39 Å². The fourth-order valence-corrected chi connectivity index (χ4v) is 5.78. The van der Waals surface area contributed by atoms with Gasteiger partial charge in [0, 0.05) is 35.2 Å². The van der Waals surface area contributed by atoms with Crippen molar-refractivity contribution in [3.05, 3.63) is 93.3 Å². The second-order valence-corrected chi connectivity index (χ2v) is 10.2. The molecule has 0 bridgehead atoms. The fourth-order valence-electron chi connectivity index (χ4n) is 5.78. The molecular formula is C31H31FN4O4. The van der Waals surface area contributed by atoms with Crippen molar-refractivity contribution in [1.82, 2.24) is 14.2 Å². The maximum atomic E-state index is 15.4. The molecular weight excluding hydrogens is 511 g/mol. The number of rotatable bonds is 9. The van der Waals surface area contributed by atoms with Crippen LogP contribution in [0.15, 0.2) is 59.5 Å². The third-order valence-corrected chi connectivity index (χ3v) is 7.64. The zero-order chi connectivity index (χ0) is 28.2. The topological polar surface area (TPSA) is 110 Å². The Morgan fingerprint density at radius 1 is 1.15 bits per heavy atom. The van der Waals surface area contributed by atoms with Crippen LogP contribution in [0.25, 0.3) is 16.8 Å². The molecule has 0 saturated heterocycles. The standard InChI is InChI=1S/C31H31FN4O4/c1-2-5-28-26(16-20-8-13-25(27(32)17-20)24-7-4-3-6-21(24)18-33)31(39)35(29-14-15-34-36(28)29)22-9-11-23(12-10-22)40-19-30(37)38/h3-4,6-8,13-15,17,22-23H,2,5,9-12,16,19H2,1H3,(H,37,38). The van der Waals surface area contributed by atoms with E-state index in [1.54, 1.807) is 36.5 Å². The molecule has 2 aromatic carbocycles. The molecule has 40 heavy (non-hydrogen) atoms. The van der Waals surface area contributed by atoms with Gasteiger partial charge in [-0.25, -0.2) is 13.7 Å². The largest absolute Gasteiger partial charge is 0.480 e. The van der Waals surface area contributed by atoms with Gasteiger partial charge in [0.15, 0.2) is 0 Å². The first kappa shape index (κ1) is 27.3. The van der Waals surface area contributed by atoms with Crippen molar-refractivity contribution in [3.63, 3.8) is 0 Å². The second-order valence-electron chi connectivity index (χ2n) is 10.2. The van der Waals surface area contributed by atoms with Gasteiger partial charge in [-0.05, 0) is 49.8 Å². The number of carboxylic acids is 1. The maximum Gasteiger partial charge on any atom is 0.329 e. The van der Waals surface area contributed by atoms with E-state index in [2.05, 4.69) is 11.2 Å². The minimum atomic E-state index is -0.991. The van der Waals surface area contributed by atoms with E-state index in [4.69, 9.17) is 9.84 Å². The zero-order valence-corrected chi connectivity index (χ0v) is 22.3. The summed E-state index contributed by atoms with van der Waals surface area (Å²) in [5, 5.41) is 22.9. The lowest BCUT2D eigenvalue weighted by atomic mass is 9.92. The second kappa shape index (κ2) is 11.8. The fraction of sp³-hybridized carbons (Fsp3) is 0.355. The summed E-state index contributed by atoms with van der Waals surface area (Å²) in [6.07, 6.45) is 5.94. The molecule has 4 aromatic rings. The van der Waals surface area contributed by atoms with Crippen LogP contribution in [-0.4, -0.2) is 38.0 Å². The van der Waals surface area contributed by atoms with Gasteiger partial charge in [-0.2, -0.15) is 10.4 Å². The zero-order valence-electron chi connectivity index (χ0n) is 22.3. The highest BCUT2D eigenvalue weighted by Crippen LogP contribution is 2.32. The molecule has 1 aliphatic carbocycles. The molecule has 1 N–H and O–H groups in total. The molecule has 9 heteroatoms. The molecule has 2 heterocycles. The Balaban J connectivity index is 1.50. The van der Waals surface area contributed by atoms with Crippen molar-refractivity contribution in [1.29, 1.82) is 5.26 Å². The van der Waals surface area contributed by atoms with Gasteiger partial charge in [0.2, 0.25) is 0 Å². The predicted molar refractivity (Wildman–Crippen MR) is 148 cm³/mol. The summed E-state index contributed by atoms with van der Waals surface area (Å²) in [5.74, 6) is -1.44. The van der Waals surface area contributed by atoms with Gasteiger partial charge in [0.05, 0.1) is 29.6 Å². The molecule has 2 aromatic heterocycles. The Labute approximate surface area is 231 Å². The number of carbonyl (C=O) groups is 1. The van der Waals surface area contributed by atoms with Crippen molar-refractivity contribution in [2.75, 3.05) is 6.61 Å². The Bertz CT molecular complexity index is 1640. The highest BCUT2D eigenvalue weighted by molar-refractivity contribution is 5.71. The summed E-state index contributed by atoms with van der Waals surface area (Å²) in [6, 6.07) is 15.7. The van der Waals surface area contributed by atoms with Gasteiger partial charge < -0.3 is 9.84 Å². The van der Waals surface area contributed by atoms with E-state index in [0.29, 0.717) is 59.9 Å². The number of aromatic nitrogens is 3. The Morgan fingerprint density at radius 2 is 1.93 bits per heavy atom. The highest BCUT2D eigenvalue weighted by atomic mass is 19.1. The van der Waals surface area contributed by atoms with Crippen LogP contribution in [-0.2, 0) is 22.4 Å². The summed E-state index contributed by atoms with van der Waals surface area (Å²) in [7, 11) is 0. The molecule has 1 aliphatic rings. The molecule has 0 aliphatic heterocycles. The number of ether oxygens (including phenoxy) is 1. The number of halogens is 1. The first-order valence-electron chi connectivity index (χ1n) is 13.6. The molecule has 8 nitrogen and oxygen atoms in total. The van der Waals surface area contributed by atoms with Crippen molar-refractivity contribution >= 4 is 11.6 Å². The van der Waals surface area contributed by atoms with Crippen LogP contribution in [0.1, 0.15) is 67.5 Å². The summed E-state index contributed by atoms with van der Waals surface area (Å²) < 4.78 is 24.5. The van der Waals surface area contributed by atoms with Crippen molar-refractivity contribution < 1.29 is 19.0 Å². The Morgan fingerprint density at radius 3 is 2.62 bits per heavy atom. The van der Waals surface area contributed by atoms with E-state index in [9.17, 15) is 14.9 Å². The normalized spacial score (nSPS) is 17.1. The van der Waals surface area contributed by atoms with Gasteiger partial charge in [-0.15, -0.1) is 0 Å². The van der Waals surface area contributed by atoms with Gasteiger partial charge in [0.1, 0.15) is 18.1 Å². The third-order valence-electron chi connectivity index (χ3n) is 7.64. The lowest BCUT2D eigenvalue weighted by Gasteiger charge is -2.30. The van der Waals surface area contributed by atoms with Crippen LogP contribution < -0.4 is 5.56 Å². The molecule has 206 valence electrons. The maximum absolute atomic E-state index is 15.4. The summed E-state index contributed by atoms with van der Waals surface area (Å²) in [5.41, 5.74) is 3.96. The highest BCUT2D eigenvalue weighted by Gasteiger charge is 2.28. The Kier molecular flexibility index (Phi) is 8.08. The van der Waals surface area contributed by atoms with Crippen LogP contribution in [0, 0.1) is 17.1 Å². The summed E-state index contributed by atoms with van der Waals surface area (Å²) in [6.45, 7) is 1.72. The van der Waals surface area contributed by atoms with Gasteiger partial charge in [0.25, 0.3) is 5.56 Å². The molecule has 0 radical (unpaired) electrons. The molecule has 0 unspecified atom stereocenters. The number of fused-ring (bicyclic) bond motifs is 1. The number of nitriles is 1. The number of benzene rings is 2. The average Bonchev–Trinajstić information content (AvgIpc) is 3.44. The van der Waals surface area contributed by atoms with E-state index in [1.165, 1.54) is 6.07 Å². The minimum Gasteiger partial charge on any atom is -0.480 e. The molecule has 5 rings (SSSR count). The van der Waals surface area contributed by atoms with Crippen LogP contribution in [0.5, 0.6) is 0 Å². The van der Waals surface area contributed by atoms with Crippen LogP contribution in [0.4, 0.5) is 4.39 Å². The summed E-state index contributed by atoms with van der Waals surface area (Å²) in [4.78, 5) is 25.0. The van der Waals surface area contributed by atoms with Crippen LogP contribution in [0.2, 0.25) is 0 Å². The number of aryl methyl sites for hydroxylation is 1. The van der Waals surface area contributed by atoms with E-state index in [1.807, 2.05) is 28.1 Å². The summed E-state index contributed by atoms with van der Waals surface area (Å²) >= 11 is 0. The van der Waals surface area contributed by atoms with Crippen LogP contribution in [0.3, 0.4) is 0 Å². The number of carboxylic acid groups (broad SMARTS) is 1. The van der Waals surface area contributed by atoms with E-state index in [0.717, 1.165) is 17.8 Å². The number of aliphatic carboxylic acids is 1. The van der Waals surface area contributed by atoms with E-state index in [-0.39, 0.29) is 30.7 Å². The van der Waals surface area contributed by atoms with Crippen molar-refractivity contribution in [2.24, 2.45) is 0 Å². The molecule has 0 amide bonds. The lowest BCUT2D eigenvalue weighted by molar-refractivity contribution is -0.145. The van der Waals surface area contributed by atoms with Crippen LogP contribution >= 0.6 is 0 Å². The average molecular weight is 543 g/mol. The number of nitrogens with zero attached hydrogens (tertiary/aromatic N) is 4. The monoisotopic (exact) mass is 542 g/mol. The lowest BCUT2D eigenvalue weighted by Crippen LogP contribution is -2.35. The third kappa shape index (κ3) is 5.40. The van der Waals surface area contributed by atoms with Gasteiger partial charge >= 0.3 is 5.97 Å². The molecule has 1 saturated carbocycles. The molecule has 0 atom stereocenters. The van der Waals surface area contributed by atoms with Gasteiger partial charge in [-0.1, -0.05) is 43.7 Å². The molecule has 0 spiro atoms. The first-order chi connectivity index (χ1) is 19.4. The number of hydrogen-bond acceptors (Lipinski definition) is 5. The van der Waals surface area contributed by atoms with Crippen molar-refractivity contribution in [2.45, 2.75) is 64.0 Å². The van der Waals surface area contributed by atoms with Crippen molar-refractivity contribution in [3.8, 4) is 17.2 Å². The quantitative estimate of drug-likeness (QED) is 0.307. The van der Waals surface area contributed by atoms with Gasteiger partial charge in [-0.3, -0.25) is 9.36 Å². The smallest absolute Gasteiger partial charge is 0.329 e. The Hall–Kier alpha value is -4.29. The number of hydrogen-bond donors (Lipinski definition) is 1. The SMILES string of the molecule is CCCc1c(Cc2ccc(-c3ccccc3C#N)c(F)c2)c(=O)n(C2CCC(OCC(=O)O)CC2)c2ccnn12. The predicted octanol–water partition coefficient (Wildman–Crippen LogP) is 5.30.